The highest BCUT2D eigenvalue weighted by Crippen LogP contribution is 1.78. The van der Waals surface area contributed by atoms with Crippen molar-refractivity contribution in [3.05, 3.63) is 6.92 Å². The maximum atomic E-state index is 10.5. The summed E-state index contributed by atoms with van der Waals surface area (Å²) >= 11 is 0. The second kappa shape index (κ2) is 3.29. The van der Waals surface area contributed by atoms with Crippen LogP contribution in [-0.2, 0) is 0 Å². The van der Waals surface area contributed by atoms with Gasteiger partial charge >= 0.3 is 6.03 Å². The number of hydrogen-bond donors (Lipinski definition) is 1. The molecule has 0 aliphatic rings. The van der Waals surface area contributed by atoms with Crippen molar-refractivity contribution < 1.29 is 4.79 Å². The number of amides is 2. The Hall–Kier alpha value is -0.730. The highest BCUT2D eigenvalue weighted by molar-refractivity contribution is 5.73. The molecule has 0 atom stereocenters. The third kappa shape index (κ3) is 1.82. The molecule has 2 amide bonds. The van der Waals surface area contributed by atoms with Gasteiger partial charge in [0.15, 0.2) is 0 Å². The topological polar surface area (TPSA) is 32.3 Å². The molecule has 0 unspecified atom stereocenters. The molecule has 3 heteroatoms. The Balaban J connectivity index is 3.46. The summed E-state index contributed by atoms with van der Waals surface area (Å²) in [6.45, 7) is 4.02. The lowest BCUT2D eigenvalue weighted by Crippen LogP contribution is -2.34. The number of nitrogens with one attached hydrogen (secondary N) is 1. The van der Waals surface area contributed by atoms with Crippen molar-refractivity contribution in [3.63, 3.8) is 0 Å². The molecular weight excluding hydrogens is 104 g/mol. The van der Waals surface area contributed by atoms with Crippen molar-refractivity contribution >= 4 is 6.03 Å². The average molecular weight is 115 g/mol. The van der Waals surface area contributed by atoms with Gasteiger partial charge in [-0.05, 0) is 6.92 Å². The van der Waals surface area contributed by atoms with E-state index in [1.54, 1.807) is 14.1 Å². The Labute approximate surface area is 49.7 Å². The molecule has 0 spiro atoms. The second-order valence-corrected chi connectivity index (χ2v) is 1.48. The minimum Gasteiger partial charge on any atom is -0.341 e. The van der Waals surface area contributed by atoms with Crippen LogP contribution >= 0.6 is 0 Å². The quantitative estimate of drug-likeness (QED) is 0.516. The van der Waals surface area contributed by atoms with Crippen LogP contribution < -0.4 is 5.32 Å². The molecular formula is C5H11N2O. The molecule has 0 aliphatic carbocycles. The van der Waals surface area contributed by atoms with Gasteiger partial charge in [-0.25, -0.2) is 4.79 Å². The summed E-state index contributed by atoms with van der Waals surface area (Å²) in [6, 6.07) is -0.0972. The van der Waals surface area contributed by atoms with Crippen LogP contribution in [0.15, 0.2) is 0 Å². The smallest absolute Gasteiger partial charge is 0.316 e. The van der Waals surface area contributed by atoms with E-state index in [1.165, 1.54) is 4.90 Å². The predicted octanol–water partition coefficient (Wildman–Crippen LogP) is 0.0917. The maximum Gasteiger partial charge on any atom is 0.316 e. The first kappa shape index (κ1) is 7.27. The maximum absolute atomic E-state index is 10.5. The number of carbonyl (C=O) groups excluding carboxylic acids is 1. The lowest BCUT2D eigenvalue weighted by molar-refractivity contribution is 0.215. The Kier molecular flexibility index (Phi) is 2.99. The largest absolute Gasteiger partial charge is 0.341 e. The summed E-state index contributed by atoms with van der Waals surface area (Å²) in [5.74, 6) is 0. The average Bonchev–Trinajstić information content (AvgIpc) is 1.84. The zero-order valence-corrected chi connectivity index (χ0v) is 5.27. The van der Waals surface area contributed by atoms with Gasteiger partial charge in [0, 0.05) is 20.6 Å². The summed E-state index contributed by atoms with van der Waals surface area (Å²) < 4.78 is 0. The summed E-state index contributed by atoms with van der Waals surface area (Å²) in [5, 5.41) is 2.46. The van der Waals surface area contributed by atoms with Crippen LogP contribution in [0.5, 0.6) is 0 Å². The van der Waals surface area contributed by atoms with Crippen LogP contribution in [0.3, 0.4) is 0 Å². The van der Waals surface area contributed by atoms with Gasteiger partial charge in [0.05, 0.1) is 0 Å². The molecule has 0 aliphatic heterocycles. The molecule has 0 saturated carbocycles. The highest BCUT2D eigenvalue weighted by atomic mass is 16.2. The first-order chi connectivity index (χ1) is 3.72. The van der Waals surface area contributed by atoms with Crippen molar-refractivity contribution in [2.24, 2.45) is 0 Å². The van der Waals surface area contributed by atoms with Gasteiger partial charge in [-0.3, -0.25) is 0 Å². The molecule has 1 radical (unpaired) electrons. The highest BCUT2D eigenvalue weighted by Gasteiger charge is 1.99. The normalized spacial score (nSPS) is 8.38. The zero-order chi connectivity index (χ0) is 6.57. The number of urea groups is 1. The van der Waals surface area contributed by atoms with E-state index in [-0.39, 0.29) is 6.03 Å². The number of nitrogens with zero attached hydrogens (tertiary/aromatic N) is 1. The van der Waals surface area contributed by atoms with Crippen LogP contribution in [0.2, 0.25) is 0 Å². The summed E-state index contributed by atoms with van der Waals surface area (Å²) in [7, 11) is 3.28. The number of carbonyl (C=O) groups is 1. The molecule has 0 aromatic heterocycles. The standard InChI is InChI=1S/C5H11N2O/c1-4-7(3)5(8)6-2/h1,4H2,2-3H3,(H,6,8). The van der Waals surface area contributed by atoms with Crippen molar-refractivity contribution in [2.45, 2.75) is 0 Å². The van der Waals surface area contributed by atoms with E-state index in [0.717, 1.165) is 0 Å². The molecule has 0 fully saturated rings. The molecule has 8 heavy (non-hydrogen) atoms. The monoisotopic (exact) mass is 115 g/mol. The van der Waals surface area contributed by atoms with E-state index >= 15 is 0 Å². The van der Waals surface area contributed by atoms with Gasteiger partial charge in [-0.1, -0.05) is 0 Å². The van der Waals surface area contributed by atoms with E-state index in [4.69, 9.17) is 0 Å². The minimum absolute atomic E-state index is 0.0972. The van der Waals surface area contributed by atoms with E-state index < -0.39 is 0 Å². The third-order valence-corrected chi connectivity index (χ3v) is 0.896. The van der Waals surface area contributed by atoms with E-state index in [2.05, 4.69) is 12.2 Å². The molecule has 0 bridgehead atoms. The van der Waals surface area contributed by atoms with Gasteiger partial charge in [0.1, 0.15) is 0 Å². The van der Waals surface area contributed by atoms with E-state index in [0.29, 0.717) is 6.54 Å². The van der Waals surface area contributed by atoms with Crippen molar-refractivity contribution in [2.75, 3.05) is 20.6 Å². The second-order valence-electron chi connectivity index (χ2n) is 1.48. The molecule has 3 nitrogen and oxygen atoms in total. The lowest BCUT2D eigenvalue weighted by atomic mass is 10.6. The Morgan fingerprint density at radius 3 is 2.50 bits per heavy atom. The van der Waals surface area contributed by atoms with Gasteiger partial charge in [-0.2, -0.15) is 0 Å². The lowest BCUT2D eigenvalue weighted by Gasteiger charge is -2.12. The van der Waals surface area contributed by atoms with Gasteiger partial charge in [0.25, 0.3) is 0 Å². The molecule has 1 N–H and O–H groups in total. The van der Waals surface area contributed by atoms with Crippen LogP contribution in [0.25, 0.3) is 0 Å². The van der Waals surface area contributed by atoms with Gasteiger partial charge in [-0.15, -0.1) is 0 Å². The fourth-order valence-corrected chi connectivity index (χ4v) is 0.292. The first-order valence-corrected chi connectivity index (χ1v) is 2.44. The number of rotatable bonds is 1. The summed E-state index contributed by atoms with van der Waals surface area (Å²) in [5.41, 5.74) is 0. The molecule has 0 saturated heterocycles. The first-order valence-electron chi connectivity index (χ1n) is 2.44. The van der Waals surface area contributed by atoms with Crippen LogP contribution in [0, 0.1) is 6.92 Å². The fourth-order valence-electron chi connectivity index (χ4n) is 0.292. The zero-order valence-electron chi connectivity index (χ0n) is 5.27. The van der Waals surface area contributed by atoms with Crippen molar-refractivity contribution in [3.8, 4) is 0 Å². The third-order valence-electron chi connectivity index (χ3n) is 0.896. The summed E-state index contributed by atoms with van der Waals surface area (Å²) in [4.78, 5) is 12.0. The van der Waals surface area contributed by atoms with E-state index in [9.17, 15) is 4.79 Å². The number of hydrogen-bond acceptors (Lipinski definition) is 1. The van der Waals surface area contributed by atoms with Crippen molar-refractivity contribution in [1.82, 2.24) is 10.2 Å². The molecule has 0 heterocycles. The minimum atomic E-state index is -0.0972. The van der Waals surface area contributed by atoms with Gasteiger partial charge < -0.3 is 10.2 Å². The Morgan fingerprint density at radius 1 is 1.88 bits per heavy atom. The van der Waals surface area contributed by atoms with Gasteiger partial charge in [0.2, 0.25) is 0 Å². The SMILES string of the molecule is [CH2]CN(C)C(=O)NC. The van der Waals surface area contributed by atoms with Crippen LogP contribution in [-0.4, -0.2) is 31.6 Å². The van der Waals surface area contributed by atoms with Crippen molar-refractivity contribution in [1.29, 1.82) is 0 Å². The van der Waals surface area contributed by atoms with Crippen LogP contribution in [0.4, 0.5) is 4.79 Å². The summed E-state index contributed by atoms with van der Waals surface area (Å²) in [6.07, 6.45) is 0. The molecule has 47 valence electrons. The van der Waals surface area contributed by atoms with E-state index in [1.807, 2.05) is 0 Å². The Bertz CT molecular complexity index is 82.5. The molecule has 0 aromatic rings. The molecule has 0 rings (SSSR count). The fraction of sp³-hybridized carbons (Fsp3) is 0.600. The Morgan fingerprint density at radius 2 is 2.38 bits per heavy atom. The van der Waals surface area contributed by atoms with Crippen LogP contribution in [0.1, 0.15) is 0 Å². The predicted molar refractivity (Wildman–Crippen MR) is 32.4 cm³/mol. The molecule has 0 aromatic carbocycles.